The molecule has 2 fully saturated rings. The predicted molar refractivity (Wildman–Crippen MR) is 103 cm³/mol. The van der Waals surface area contributed by atoms with Gasteiger partial charge in [-0.25, -0.2) is 4.98 Å². The van der Waals surface area contributed by atoms with Gasteiger partial charge in [-0.15, -0.1) is 0 Å². The molecule has 0 aliphatic carbocycles. The van der Waals surface area contributed by atoms with E-state index in [-0.39, 0.29) is 11.9 Å². The molecule has 2 aliphatic heterocycles. The standard InChI is InChI=1S/C19H22ClN5O2/c20-15-3-1-14(2-4-15)19(27)24-9-7-23(8-10-24)16-12-25(13-17(16)26)18-11-21-5-6-22-18/h1-6,11,16-17,26H,7-10,12-13H2. The normalized spacial score (nSPS) is 23.6. The highest BCUT2D eigenvalue weighted by Gasteiger charge is 2.37. The molecule has 2 saturated heterocycles. The average molecular weight is 388 g/mol. The Hall–Kier alpha value is -2.22. The second-order valence-corrected chi connectivity index (χ2v) is 7.37. The fourth-order valence-electron chi connectivity index (χ4n) is 3.80. The van der Waals surface area contributed by atoms with Crippen LogP contribution in [0.3, 0.4) is 0 Å². The molecule has 0 bridgehead atoms. The molecular weight excluding hydrogens is 366 g/mol. The Bertz CT molecular complexity index is 780. The highest BCUT2D eigenvalue weighted by atomic mass is 35.5. The van der Waals surface area contributed by atoms with Crippen LogP contribution in [-0.2, 0) is 0 Å². The van der Waals surface area contributed by atoms with E-state index in [1.54, 1.807) is 42.9 Å². The summed E-state index contributed by atoms with van der Waals surface area (Å²) in [5.74, 6) is 0.815. The summed E-state index contributed by atoms with van der Waals surface area (Å²) in [5, 5.41) is 11.2. The zero-order valence-electron chi connectivity index (χ0n) is 14.9. The molecular formula is C19H22ClN5O2. The van der Waals surface area contributed by atoms with Crippen LogP contribution in [0.15, 0.2) is 42.9 Å². The number of carbonyl (C=O) groups excluding carboxylic acids is 1. The molecule has 1 N–H and O–H groups in total. The quantitative estimate of drug-likeness (QED) is 0.851. The number of nitrogens with zero attached hydrogens (tertiary/aromatic N) is 5. The van der Waals surface area contributed by atoms with E-state index < -0.39 is 6.10 Å². The maximum Gasteiger partial charge on any atom is 0.253 e. The van der Waals surface area contributed by atoms with Gasteiger partial charge in [0.2, 0.25) is 0 Å². The lowest BCUT2D eigenvalue weighted by atomic mass is 10.1. The van der Waals surface area contributed by atoms with Gasteiger partial charge in [0.05, 0.1) is 18.3 Å². The van der Waals surface area contributed by atoms with E-state index in [4.69, 9.17) is 11.6 Å². The zero-order valence-corrected chi connectivity index (χ0v) is 15.7. The molecule has 7 nitrogen and oxygen atoms in total. The van der Waals surface area contributed by atoms with Gasteiger partial charge in [-0.05, 0) is 24.3 Å². The van der Waals surface area contributed by atoms with E-state index in [0.717, 1.165) is 18.9 Å². The maximum atomic E-state index is 12.6. The Morgan fingerprint density at radius 1 is 1.07 bits per heavy atom. The van der Waals surface area contributed by atoms with Crippen LogP contribution in [0.1, 0.15) is 10.4 Å². The summed E-state index contributed by atoms with van der Waals surface area (Å²) in [5.41, 5.74) is 0.655. The average Bonchev–Trinajstić information content (AvgIpc) is 3.10. The highest BCUT2D eigenvalue weighted by molar-refractivity contribution is 6.30. The number of amides is 1. The second-order valence-electron chi connectivity index (χ2n) is 6.94. The summed E-state index contributed by atoms with van der Waals surface area (Å²) < 4.78 is 0. The van der Waals surface area contributed by atoms with E-state index in [2.05, 4.69) is 19.8 Å². The van der Waals surface area contributed by atoms with Crippen molar-refractivity contribution in [2.75, 3.05) is 44.2 Å². The molecule has 3 heterocycles. The molecule has 0 radical (unpaired) electrons. The van der Waals surface area contributed by atoms with E-state index in [9.17, 15) is 9.90 Å². The lowest BCUT2D eigenvalue weighted by Crippen LogP contribution is -2.54. The first kappa shape index (κ1) is 18.2. The van der Waals surface area contributed by atoms with Crippen molar-refractivity contribution in [3.63, 3.8) is 0 Å². The number of aliphatic hydroxyl groups is 1. The van der Waals surface area contributed by atoms with Crippen molar-refractivity contribution in [1.29, 1.82) is 0 Å². The van der Waals surface area contributed by atoms with Crippen molar-refractivity contribution in [2.45, 2.75) is 12.1 Å². The SMILES string of the molecule is O=C(c1ccc(Cl)cc1)N1CCN(C2CN(c3cnccn3)CC2O)CC1. The number of benzene rings is 1. The Morgan fingerprint density at radius 3 is 2.48 bits per heavy atom. The van der Waals surface area contributed by atoms with Crippen LogP contribution in [0, 0.1) is 0 Å². The van der Waals surface area contributed by atoms with Crippen molar-refractivity contribution in [3.8, 4) is 0 Å². The first-order chi connectivity index (χ1) is 13.1. The molecule has 2 unspecified atom stereocenters. The van der Waals surface area contributed by atoms with E-state index in [0.29, 0.717) is 36.8 Å². The molecule has 8 heteroatoms. The van der Waals surface area contributed by atoms with Gasteiger partial charge in [-0.1, -0.05) is 11.6 Å². The van der Waals surface area contributed by atoms with Gasteiger partial charge in [0, 0.05) is 62.2 Å². The molecule has 2 aromatic rings. The van der Waals surface area contributed by atoms with Crippen LogP contribution in [-0.4, -0.2) is 82.2 Å². The minimum absolute atomic E-state index is 0.0273. The monoisotopic (exact) mass is 387 g/mol. The van der Waals surface area contributed by atoms with Gasteiger partial charge in [0.15, 0.2) is 0 Å². The number of piperazine rings is 1. The van der Waals surface area contributed by atoms with Crippen LogP contribution < -0.4 is 4.90 Å². The number of rotatable bonds is 3. The number of hydrogen-bond donors (Lipinski definition) is 1. The minimum atomic E-state index is -0.439. The number of aromatic nitrogens is 2. The zero-order chi connectivity index (χ0) is 18.8. The predicted octanol–water partition coefficient (Wildman–Crippen LogP) is 1.14. The van der Waals surface area contributed by atoms with Crippen molar-refractivity contribution in [2.24, 2.45) is 0 Å². The molecule has 2 atom stereocenters. The van der Waals surface area contributed by atoms with E-state index in [1.807, 2.05) is 4.90 Å². The Kier molecular flexibility index (Phi) is 5.24. The van der Waals surface area contributed by atoms with E-state index in [1.165, 1.54) is 0 Å². The number of anilines is 1. The summed E-state index contributed by atoms with van der Waals surface area (Å²) >= 11 is 5.90. The largest absolute Gasteiger partial charge is 0.390 e. The summed E-state index contributed by atoms with van der Waals surface area (Å²) in [4.78, 5) is 27.3. The molecule has 0 saturated carbocycles. The molecule has 27 heavy (non-hydrogen) atoms. The third kappa shape index (κ3) is 3.90. The fraction of sp³-hybridized carbons (Fsp3) is 0.421. The number of β-amino-alcohol motifs (C(OH)–C–C–N with tert-alkyl or cyclic N) is 1. The van der Waals surface area contributed by atoms with Crippen molar-refractivity contribution in [3.05, 3.63) is 53.4 Å². The van der Waals surface area contributed by atoms with Crippen LogP contribution in [0.5, 0.6) is 0 Å². The van der Waals surface area contributed by atoms with Gasteiger partial charge < -0.3 is 14.9 Å². The first-order valence-electron chi connectivity index (χ1n) is 9.10. The van der Waals surface area contributed by atoms with E-state index >= 15 is 0 Å². The fourth-order valence-corrected chi connectivity index (χ4v) is 3.93. The minimum Gasteiger partial charge on any atom is -0.390 e. The molecule has 142 valence electrons. The first-order valence-corrected chi connectivity index (χ1v) is 9.47. The second kappa shape index (κ2) is 7.80. The van der Waals surface area contributed by atoms with Gasteiger partial charge in [0.25, 0.3) is 5.91 Å². The number of carbonyl (C=O) groups is 1. The smallest absolute Gasteiger partial charge is 0.253 e. The lowest BCUT2D eigenvalue weighted by Gasteiger charge is -2.38. The van der Waals surface area contributed by atoms with Crippen LogP contribution >= 0.6 is 11.6 Å². The van der Waals surface area contributed by atoms with Crippen LogP contribution in [0.2, 0.25) is 5.02 Å². The van der Waals surface area contributed by atoms with Gasteiger partial charge in [0.1, 0.15) is 5.82 Å². The highest BCUT2D eigenvalue weighted by Crippen LogP contribution is 2.22. The van der Waals surface area contributed by atoms with Gasteiger partial charge >= 0.3 is 0 Å². The topological polar surface area (TPSA) is 72.8 Å². The number of hydrogen-bond acceptors (Lipinski definition) is 6. The van der Waals surface area contributed by atoms with Crippen molar-refractivity contribution < 1.29 is 9.90 Å². The van der Waals surface area contributed by atoms with Gasteiger partial charge in [-0.2, -0.15) is 0 Å². The van der Waals surface area contributed by atoms with Crippen molar-refractivity contribution >= 4 is 23.3 Å². The number of halogens is 1. The summed E-state index contributed by atoms with van der Waals surface area (Å²) in [6.07, 6.45) is 4.59. The third-order valence-corrected chi connectivity index (χ3v) is 5.55. The molecule has 1 aromatic carbocycles. The Labute approximate surface area is 163 Å². The molecule has 2 aliphatic rings. The molecule has 1 aromatic heterocycles. The third-order valence-electron chi connectivity index (χ3n) is 5.29. The summed E-state index contributed by atoms with van der Waals surface area (Å²) in [6, 6.07) is 7.04. The summed E-state index contributed by atoms with van der Waals surface area (Å²) in [6.45, 7) is 4.05. The maximum absolute atomic E-state index is 12.6. The molecule has 4 rings (SSSR count). The number of aliphatic hydroxyl groups excluding tert-OH is 1. The van der Waals surface area contributed by atoms with Crippen LogP contribution in [0.25, 0.3) is 0 Å². The summed E-state index contributed by atoms with van der Waals surface area (Å²) in [7, 11) is 0. The Morgan fingerprint density at radius 2 is 1.81 bits per heavy atom. The molecule has 0 spiro atoms. The Balaban J connectivity index is 1.35. The molecule has 1 amide bonds. The lowest BCUT2D eigenvalue weighted by molar-refractivity contribution is 0.0376. The van der Waals surface area contributed by atoms with Crippen LogP contribution in [0.4, 0.5) is 5.82 Å². The van der Waals surface area contributed by atoms with Gasteiger partial charge in [-0.3, -0.25) is 14.7 Å². The van der Waals surface area contributed by atoms with Crippen molar-refractivity contribution in [1.82, 2.24) is 19.8 Å².